The smallest absolute Gasteiger partial charge is 0.423 e. The van der Waals surface area contributed by atoms with Crippen molar-refractivity contribution >= 4 is 18.3 Å². The molecule has 10 heteroatoms. The van der Waals surface area contributed by atoms with Crippen molar-refractivity contribution in [2.45, 2.75) is 6.36 Å². The minimum atomic E-state index is -5.08. The summed E-state index contributed by atoms with van der Waals surface area (Å²) < 4.78 is 39.3. The van der Waals surface area contributed by atoms with E-state index in [1.807, 2.05) is 0 Å². The summed E-state index contributed by atoms with van der Waals surface area (Å²) in [6, 6.07) is 2.51. The lowest BCUT2D eigenvalue weighted by Crippen LogP contribution is -2.35. The molecular formula is C7H5BF3NO5. The van der Waals surface area contributed by atoms with Crippen LogP contribution in [0.2, 0.25) is 0 Å². The molecule has 2 N–H and O–H groups in total. The highest BCUT2D eigenvalue weighted by molar-refractivity contribution is 6.61. The third-order valence-corrected chi connectivity index (χ3v) is 1.72. The second-order valence-electron chi connectivity index (χ2n) is 2.87. The number of nitrogens with zero attached hydrogens (tertiary/aromatic N) is 1. The zero-order valence-electron chi connectivity index (χ0n) is 8.01. The minimum Gasteiger partial charge on any atom is -0.423 e. The Morgan fingerprint density at radius 2 is 1.94 bits per heavy atom. The maximum Gasteiger partial charge on any atom is 0.573 e. The highest BCUT2D eigenvalue weighted by Gasteiger charge is 2.36. The normalized spacial score (nSPS) is 11.1. The van der Waals surface area contributed by atoms with Crippen LogP contribution >= 0.6 is 0 Å². The summed E-state index contributed by atoms with van der Waals surface area (Å²) in [5.41, 5.74) is -1.82. The fourth-order valence-corrected chi connectivity index (χ4v) is 1.16. The molecule has 0 fully saturated rings. The summed E-state index contributed by atoms with van der Waals surface area (Å²) in [6.45, 7) is 0. The summed E-state index contributed by atoms with van der Waals surface area (Å²) in [4.78, 5) is 9.45. The van der Waals surface area contributed by atoms with Gasteiger partial charge in [0, 0.05) is 6.07 Å². The largest absolute Gasteiger partial charge is 0.573 e. The van der Waals surface area contributed by atoms with Crippen LogP contribution < -0.4 is 10.2 Å². The van der Waals surface area contributed by atoms with E-state index < -0.39 is 35.3 Å². The Morgan fingerprint density at radius 1 is 1.35 bits per heavy atom. The first-order valence-corrected chi connectivity index (χ1v) is 4.11. The maximum atomic E-state index is 12.0. The number of halogens is 3. The van der Waals surface area contributed by atoms with Crippen molar-refractivity contribution in [3.8, 4) is 5.75 Å². The average Bonchev–Trinajstić information content (AvgIpc) is 2.14. The first kappa shape index (κ1) is 13.3. The molecule has 0 unspecified atom stereocenters. The van der Waals surface area contributed by atoms with E-state index in [2.05, 4.69) is 4.74 Å². The molecule has 6 nitrogen and oxygen atoms in total. The van der Waals surface area contributed by atoms with Gasteiger partial charge in [-0.25, -0.2) is 0 Å². The predicted molar refractivity (Wildman–Crippen MR) is 49.6 cm³/mol. The van der Waals surface area contributed by atoms with Gasteiger partial charge in [-0.2, -0.15) is 0 Å². The number of hydrogen-bond acceptors (Lipinski definition) is 5. The molecule has 0 atom stereocenters. The molecule has 0 bridgehead atoms. The lowest BCUT2D eigenvalue weighted by molar-refractivity contribution is -0.383. The van der Waals surface area contributed by atoms with Crippen LogP contribution in [0, 0.1) is 10.1 Å². The van der Waals surface area contributed by atoms with Crippen molar-refractivity contribution in [2.75, 3.05) is 0 Å². The van der Waals surface area contributed by atoms with Crippen LogP contribution in [-0.2, 0) is 0 Å². The first-order valence-electron chi connectivity index (χ1n) is 4.11. The van der Waals surface area contributed by atoms with E-state index >= 15 is 0 Å². The molecule has 1 rings (SSSR count). The Kier molecular flexibility index (Phi) is 3.58. The molecule has 0 aliphatic heterocycles. The molecule has 0 spiro atoms. The maximum absolute atomic E-state index is 12.0. The van der Waals surface area contributed by atoms with E-state index in [9.17, 15) is 23.3 Å². The molecule has 0 saturated carbocycles. The number of hydrogen-bond donors (Lipinski definition) is 2. The lowest BCUT2D eigenvalue weighted by Gasteiger charge is -2.12. The average molecular weight is 251 g/mol. The number of nitro groups is 1. The summed E-state index contributed by atoms with van der Waals surface area (Å²) >= 11 is 0. The van der Waals surface area contributed by atoms with Crippen molar-refractivity contribution in [3.05, 3.63) is 28.3 Å². The number of ether oxygens (including phenoxy) is 1. The van der Waals surface area contributed by atoms with Gasteiger partial charge in [0.25, 0.3) is 5.69 Å². The Morgan fingerprint density at radius 3 is 2.35 bits per heavy atom. The van der Waals surface area contributed by atoms with Crippen LogP contribution in [0.5, 0.6) is 5.75 Å². The fraction of sp³-hybridized carbons (Fsp3) is 0.143. The number of benzene rings is 1. The number of alkyl halides is 3. The van der Waals surface area contributed by atoms with Gasteiger partial charge >= 0.3 is 13.5 Å². The van der Waals surface area contributed by atoms with E-state index in [-0.39, 0.29) is 0 Å². The van der Waals surface area contributed by atoms with Gasteiger partial charge in [-0.15, -0.1) is 13.2 Å². The van der Waals surface area contributed by atoms with Crippen LogP contribution in [0.3, 0.4) is 0 Å². The molecule has 0 aliphatic carbocycles. The molecule has 0 heterocycles. The summed E-state index contributed by atoms with van der Waals surface area (Å²) in [5.74, 6) is -1.03. The summed E-state index contributed by atoms with van der Waals surface area (Å²) in [5, 5.41) is 28.2. The molecule has 0 radical (unpaired) electrons. The van der Waals surface area contributed by atoms with E-state index in [4.69, 9.17) is 10.0 Å². The molecule has 1 aromatic rings. The fourth-order valence-electron chi connectivity index (χ4n) is 1.16. The van der Waals surface area contributed by atoms with Crippen molar-refractivity contribution in [3.63, 3.8) is 0 Å². The number of nitro benzene ring substituents is 1. The Hall–Kier alpha value is -1.81. The van der Waals surface area contributed by atoms with E-state index in [0.29, 0.717) is 0 Å². The minimum absolute atomic E-state index is 0.745. The van der Waals surface area contributed by atoms with Crippen LogP contribution in [0.4, 0.5) is 18.9 Å². The molecule has 92 valence electrons. The van der Waals surface area contributed by atoms with E-state index in [1.165, 1.54) is 0 Å². The Bertz CT molecular complexity index is 436. The molecule has 1 aromatic carbocycles. The van der Waals surface area contributed by atoms with Crippen LogP contribution in [0.1, 0.15) is 0 Å². The molecule has 0 aromatic heterocycles. The van der Waals surface area contributed by atoms with Crippen LogP contribution in [-0.4, -0.2) is 28.5 Å². The standard InChI is InChI=1S/C7H5BF3NO5/c9-7(10,11)17-5-3-1-2-4(12(15)16)6(5)8(13)14/h1-3,13-14H. The second-order valence-corrected chi connectivity index (χ2v) is 2.87. The lowest BCUT2D eigenvalue weighted by atomic mass is 9.78. The summed E-state index contributed by atoms with van der Waals surface area (Å²) in [6.07, 6.45) is -5.08. The van der Waals surface area contributed by atoms with E-state index in [1.54, 1.807) is 0 Å². The van der Waals surface area contributed by atoms with Gasteiger partial charge in [0.15, 0.2) is 0 Å². The molecule has 0 amide bonds. The van der Waals surface area contributed by atoms with Gasteiger partial charge in [-0.3, -0.25) is 10.1 Å². The third-order valence-electron chi connectivity index (χ3n) is 1.72. The third kappa shape index (κ3) is 3.33. The Labute approximate surface area is 92.5 Å². The van der Waals surface area contributed by atoms with Gasteiger partial charge in [0.1, 0.15) is 11.2 Å². The quantitative estimate of drug-likeness (QED) is 0.453. The van der Waals surface area contributed by atoms with Gasteiger partial charge in [-0.1, -0.05) is 6.07 Å². The SMILES string of the molecule is O=[N+]([O-])c1cccc(OC(F)(F)F)c1B(O)O. The molecular weight excluding hydrogens is 246 g/mol. The van der Waals surface area contributed by atoms with Gasteiger partial charge in [-0.05, 0) is 6.07 Å². The highest BCUT2D eigenvalue weighted by atomic mass is 19.4. The first-order chi connectivity index (χ1) is 7.72. The molecule has 0 aliphatic rings. The van der Waals surface area contributed by atoms with E-state index in [0.717, 1.165) is 18.2 Å². The van der Waals surface area contributed by atoms with Gasteiger partial charge in [0.05, 0.1) is 4.92 Å². The van der Waals surface area contributed by atoms with Crippen molar-refractivity contribution < 1.29 is 32.9 Å². The van der Waals surface area contributed by atoms with Crippen LogP contribution in [0.25, 0.3) is 0 Å². The van der Waals surface area contributed by atoms with Crippen LogP contribution in [0.15, 0.2) is 18.2 Å². The highest BCUT2D eigenvalue weighted by Crippen LogP contribution is 2.24. The number of rotatable bonds is 3. The van der Waals surface area contributed by atoms with Crippen molar-refractivity contribution in [2.24, 2.45) is 0 Å². The zero-order chi connectivity index (χ0) is 13.2. The molecule has 17 heavy (non-hydrogen) atoms. The Balaban J connectivity index is 3.30. The van der Waals surface area contributed by atoms with Gasteiger partial charge < -0.3 is 14.8 Å². The van der Waals surface area contributed by atoms with Crippen molar-refractivity contribution in [1.29, 1.82) is 0 Å². The predicted octanol–water partition coefficient (Wildman–Crippen LogP) is 0.173. The monoisotopic (exact) mass is 251 g/mol. The second kappa shape index (κ2) is 4.59. The topological polar surface area (TPSA) is 92.8 Å². The molecule has 0 saturated heterocycles. The van der Waals surface area contributed by atoms with Gasteiger partial charge in [0.2, 0.25) is 0 Å². The zero-order valence-corrected chi connectivity index (χ0v) is 8.01. The summed E-state index contributed by atoms with van der Waals surface area (Å²) in [7, 11) is -2.45. The van der Waals surface area contributed by atoms with Crippen molar-refractivity contribution in [1.82, 2.24) is 0 Å².